The summed E-state index contributed by atoms with van der Waals surface area (Å²) in [6.07, 6.45) is 4.40. The average Bonchev–Trinajstić information content (AvgIpc) is 2.35. The van der Waals surface area contributed by atoms with E-state index < -0.39 is 0 Å². The van der Waals surface area contributed by atoms with Crippen molar-refractivity contribution in [2.45, 2.75) is 51.1 Å². The number of carbonyl (C=O) groups is 2. The summed E-state index contributed by atoms with van der Waals surface area (Å²) in [5.74, 6) is 0.266. The minimum Gasteiger partial charge on any atom is -0.354 e. The molecule has 2 rings (SSSR count). The first-order valence-corrected chi connectivity index (χ1v) is 6.91. The molecule has 1 saturated carbocycles. The Kier molecular flexibility index (Phi) is 4.22. The molecule has 1 saturated heterocycles. The Balaban J connectivity index is 1.91. The van der Waals surface area contributed by atoms with Gasteiger partial charge in [-0.15, -0.1) is 0 Å². The van der Waals surface area contributed by atoms with E-state index in [0.29, 0.717) is 5.92 Å². The molecule has 18 heavy (non-hydrogen) atoms. The number of piperidine rings is 1. The van der Waals surface area contributed by atoms with E-state index in [4.69, 9.17) is 5.73 Å². The number of rotatable bonds is 2. The van der Waals surface area contributed by atoms with Crippen LogP contribution >= 0.6 is 0 Å². The maximum atomic E-state index is 12.2. The van der Waals surface area contributed by atoms with Crippen LogP contribution in [0.25, 0.3) is 0 Å². The van der Waals surface area contributed by atoms with E-state index in [1.807, 2.05) is 0 Å². The first-order valence-electron chi connectivity index (χ1n) is 6.91. The summed E-state index contributed by atoms with van der Waals surface area (Å²) >= 11 is 0. The highest BCUT2D eigenvalue weighted by molar-refractivity contribution is 5.89. The molecule has 102 valence electrons. The van der Waals surface area contributed by atoms with Crippen molar-refractivity contribution in [1.82, 2.24) is 10.6 Å². The molecule has 4 unspecified atom stereocenters. The van der Waals surface area contributed by atoms with Gasteiger partial charge < -0.3 is 16.4 Å². The monoisotopic (exact) mass is 253 g/mol. The topological polar surface area (TPSA) is 84.2 Å². The fraction of sp³-hybridized carbons (Fsp3) is 0.846. The number of hydrogen-bond donors (Lipinski definition) is 3. The van der Waals surface area contributed by atoms with E-state index in [2.05, 4.69) is 17.6 Å². The molecule has 0 aromatic rings. The SMILES string of the molecule is CC1CCC(N)CC1C(=O)NC1CCCNC1=O. The van der Waals surface area contributed by atoms with Crippen molar-refractivity contribution >= 4 is 11.8 Å². The molecule has 0 bridgehead atoms. The van der Waals surface area contributed by atoms with Crippen LogP contribution in [0.2, 0.25) is 0 Å². The van der Waals surface area contributed by atoms with Crippen LogP contribution in [0.4, 0.5) is 0 Å². The van der Waals surface area contributed by atoms with Gasteiger partial charge in [-0.05, 0) is 38.0 Å². The molecule has 5 heteroatoms. The van der Waals surface area contributed by atoms with Gasteiger partial charge in [0, 0.05) is 18.5 Å². The number of amides is 2. The van der Waals surface area contributed by atoms with Gasteiger partial charge in [-0.1, -0.05) is 6.92 Å². The normalized spacial score (nSPS) is 36.9. The van der Waals surface area contributed by atoms with Gasteiger partial charge in [0.1, 0.15) is 6.04 Å². The van der Waals surface area contributed by atoms with Gasteiger partial charge in [0.25, 0.3) is 0 Å². The summed E-state index contributed by atoms with van der Waals surface area (Å²) in [6, 6.07) is -0.228. The summed E-state index contributed by atoms with van der Waals surface area (Å²) in [4.78, 5) is 23.8. The van der Waals surface area contributed by atoms with E-state index >= 15 is 0 Å². The highest BCUT2D eigenvalue weighted by Crippen LogP contribution is 2.29. The second kappa shape index (κ2) is 5.69. The largest absolute Gasteiger partial charge is 0.354 e. The third-order valence-corrected chi connectivity index (χ3v) is 4.17. The van der Waals surface area contributed by atoms with Gasteiger partial charge >= 0.3 is 0 Å². The second-order valence-corrected chi connectivity index (χ2v) is 5.65. The standard InChI is InChI=1S/C13H23N3O2/c1-8-4-5-9(14)7-10(8)12(17)16-11-3-2-6-15-13(11)18/h8-11H,2-7,14H2,1H3,(H,15,18)(H,16,17). The number of hydrogen-bond acceptors (Lipinski definition) is 3. The Hall–Kier alpha value is -1.10. The molecule has 0 spiro atoms. The van der Waals surface area contributed by atoms with Gasteiger partial charge in [0.15, 0.2) is 0 Å². The first-order chi connectivity index (χ1) is 8.58. The molecule has 0 aromatic carbocycles. The fourth-order valence-electron chi connectivity index (χ4n) is 2.91. The maximum Gasteiger partial charge on any atom is 0.242 e. The first kappa shape index (κ1) is 13.3. The predicted molar refractivity (Wildman–Crippen MR) is 68.7 cm³/mol. The lowest BCUT2D eigenvalue weighted by Gasteiger charge is -2.33. The van der Waals surface area contributed by atoms with E-state index in [9.17, 15) is 9.59 Å². The molecule has 1 aliphatic heterocycles. The summed E-state index contributed by atoms with van der Waals surface area (Å²) in [7, 11) is 0. The van der Waals surface area contributed by atoms with Crippen LogP contribution in [0.15, 0.2) is 0 Å². The van der Waals surface area contributed by atoms with Crippen LogP contribution in [0.5, 0.6) is 0 Å². The molecular weight excluding hydrogens is 230 g/mol. The average molecular weight is 253 g/mol. The zero-order valence-corrected chi connectivity index (χ0v) is 10.9. The Morgan fingerprint density at radius 1 is 1.39 bits per heavy atom. The minimum atomic E-state index is -0.350. The zero-order chi connectivity index (χ0) is 13.1. The number of nitrogens with one attached hydrogen (secondary N) is 2. The molecule has 4 atom stereocenters. The molecule has 2 fully saturated rings. The third kappa shape index (κ3) is 3.02. The van der Waals surface area contributed by atoms with Crippen LogP contribution in [0.3, 0.4) is 0 Å². The predicted octanol–water partition coefficient (Wildman–Crippen LogP) is 0.145. The van der Waals surface area contributed by atoms with Gasteiger partial charge in [0.05, 0.1) is 0 Å². The lowest BCUT2D eigenvalue weighted by molar-refractivity contribution is -0.133. The van der Waals surface area contributed by atoms with Crippen LogP contribution < -0.4 is 16.4 Å². The molecule has 4 N–H and O–H groups in total. The minimum absolute atomic E-state index is 0.000278. The quantitative estimate of drug-likeness (QED) is 0.654. The fourth-order valence-corrected chi connectivity index (χ4v) is 2.91. The molecule has 5 nitrogen and oxygen atoms in total. The van der Waals surface area contributed by atoms with Gasteiger partial charge in [-0.25, -0.2) is 0 Å². The van der Waals surface area contributed by atoms with Crippen molar-refractivity contribution in [2.75, 3.05) is 6.54 Å². The van der Waals surface area contributed by atoms with E-state index in [1.165, 1.54) is 0 Å². The third-order valence-electron chi connectivity index (χ3n) is 4.17. The van der Waals surface area contributed by atoms with Gasteiger partial charge in [0.2, 0.25) is 11.8 Å². The molecule has 0 aromatic heterocycles. The summed E-state index contributed by atoms with van der Waals surface area (Å²) < 4.78 is 0. The number of carbonyl (C=O) groups excluding carboxylic acids is 2. The Bertz CT molecular complexity index is 332. The van der Waals surface area contributed by atoms with Crippen LogP contribution in [0, 0.1) is 11.8 Å². The lowest BCUT2D eigenvalue weighted by atomic mass is 9.77. The van der Waals surface area contributed by atoms with Crippen LogP contribution in [0.1, 0.15) is 39.0 Å². The summed E-state index contributed by atoms with van der Waals surface area (Å²) in [5, 5.41) is 5.66. The van der Waals surface area contributed by atoms with Gasteiger partial charge in [-0.3, -0.25) is 9.59 Å². The second-order valence-electron chi connectivity index (χ2n) is 5.65. The van der Waals surface area contributed by atoms with Crippen molar-refractivity contribution < 1.29 is 9.59 Å². The Labute approximate surface area is 108 Å². The van der Waals surface area contributed by atoms with E-state index in [1.54, 1.807) is 0 Å². The molecular formula is C13H23N3O2. The molecule has 2 aliphatic rings. The van der Waals surface area contributed by atoms with Gasteiger partial charge in [-0.2, -0.15) is 0 Å². The van der Waals surface area contributed by atoms with Crippen molar-refractivity contribution in [3.05, 3.63) is 0 Å². The Morgan fingerprint density at radius 3 is 2.89 bits per heavy atom. The van der Waals surface area contributed by atoms with Crippen LogP contribution in [-0.4, -0.2) is 30.4 Å². The molecule has 0 radical (unpaired) electrons. The smallest absolute Gasteiger partial charge is 0.242 e. The highest BCUT2D eigenvalue weighted by Gasteiger charge is 2.33. The summed E-state index contributed by atoms with van der Waals surface area (Å²) in [6.45, 7) is 2.81. The molecule has 2 amide bonds. The molecule has 1 aliphatic carbocycles. The van der Waals surface area contributed by atoms with E-state index in [0.717, 1.165) is 38.6 Å². The zero-order valence-electron chi connectivity index (χ0n) is 10.9. The van der Waals surface area contributed by atoms with E-state index in [-0.39, 0.29) is 29.8 Å². The van der Waals surface area contributed by atoms with Crippen molar-refractivity contribution in [3.63, 3.8) is 0 Å². The summed E-state index contributed by atoms with van der Waals surface area (Å²) in [5.41, 5.74) is 5.93. The maximum absolute atomic E-state index is 12.2. The number of nitrogens with two attached hydrogens (primary N) is 1. The van der Waals surface area contributed by atoms with Crippen molar-refractivity contribution in [2.24, 2.45) is 17.6 Å². The van der Waals surface area contributed by atoms with Crippen molar-refractivity contribution in [3.8, 4) is 0 Å². The molecule has 1 heterocycles. The lowest BCUT2D eigenvalue weighted by Crippen LogP contribution is -2.53. The Morgan fingerprint density at radius 2 is 2.17 bits per heavy atom. The van der Waals surface area contributed by atoms with Crippen LogP contribution in [-0.2, 0) is 9.59 Å². The highest BCUT2D eigenvalue weighted by atomic mass is 16.2. The van der Waals surface area contributed by atoms with Crippen molar-refractivity contribution in [1.29, 1.82) is 0 Å².